The maximum absolute atomic E-state index is 3.41. The molecule has 1 N–H and O–H groups in total. The fourth-order valence-electron chi connectivity index (χ4n) is 2.40. The van der Waals surface area contributed by atoms with Gasteiger partial charge in [-0.2, -0.15) is 0 Å². The summed E-state index contributed by atoms with van der Waals surface area (Å²) in [5.41, 5.74) is 1.37. The third kappa shape index (κ3) is 4.14. The van der Waals surface area contributed by atoms with Crippen molar-refractivity contribution in [3.05, 3.63) is 35.9 Å². The van der Waals surface area contributed by atoms with Crippen LogP contribution in [-0.4, -0.2) is 31.6 Å². The van der Waals surface area contributed by atoms with E-state index in [-0.39, 0.29) is 0 Å². The lowest BCUT2D eigenvalue weighted by Crippen LogP contribution is -2.37. The average molecular weight is 234 g/mol. The number of likely N-dealkylation sites (N-methyl/N-ethyl adjacent to an activating group) is 2. The molecule has 0 heterocycles. The van der Waals surface area contributed by atoms with Gasteiger partial charge in [0.2, 0.25) is 0 Å². The first-order chi connectivity index (χ1) is 8.22. The SMILES string of the molecule is CCC(CC)N(C)CC(NC)c1ccccc1. The molecule has 1 atom stereocenters. The van der Waals surface area contributed by atoms with Gasteiger partial charge in [-0.05, 0) is 32.5 Å². The van der Waals surface area contributed by atoms with E-state index < -0.39 is 0 Å². The zero-order valence-corrected chi connectivity index (χ0v) is 11.6. The van der Waals surface area contributed by atoms with Gasteiger partial charge in [0.15, 0.2) is 0 Å². The van der Waals surface area contributed by atoms with Crippen molar-refractivity contribution in [2.24, 2.45) is 0 Å². The van der Waals surface area contributed by atoms with Gasteiger partial charge in [0, 0.05) is 18.6 Å². The Morgan fingerprint density at radius 3 is 2.18 bits per heavy atom. The zero-order chi connectivity index (χ0) is 12.7. The van der Waals surface area contributed by atoms with Crippen LogP contribution in [0.1, 0.15) is 38.3 Å². The molecule has 2 nitrogen and oxygen atoms in total. The maximum atomic E-state index is 3.41. The van der Waals surface area contributed by atoms with E-state index in [4.69, 9.17) is 0 Å². The van der Waals surface area contributed by atoms with Crippen LogP contribution in [0.4, 0.5) is 0 Å². The largest absolute Gasteiger partial charge is 0.312 e. The lowest BCUT2D eigenvalue weighted by Gasteiger charge is -2.30. The van der Waals surface area contributed by atoms with Crippen LogP contribution in [0.15, 0.2) is 30.3 Å². The molecule has 0 radical (unpaired) electrons. The summed E-state index contributed by atoms with van der Waals surface area (Å²) in [6, 6.07) is 11.8. The molecule has 1 rings (SSSR count). The minimum absolute atomic E-state index is 0.418. The maximum Gasteiger partial charge on any atom is 0.0446 e. The second-order valence-electron chi connectivity index (χ2n) is 4.66. The highest BCUT2D eigenvalue weighted by atomic mass is 15.1. The van der Waals surface area contributed by atoms with Gasteiger partial charge in [-0.3, -0.25) is 0 Å². The van der Waals surface area contributed by atoms with Crippen molar-refractivity contribution in [2.75, 3.05) is 20.6 Å². The third-order valence-corrected chi connectivity index (χ3v) is 3.59. The fraction of sp³-hybridized carbons (Fsp3) is 0.600. The lowest BCUT2D eigenvalue weighted by atomic mass is 10.0. The molecule has 0 aliphatic rings. The quantitative estimate of drug-likeness (QED) is 0.780. The summed E-state index contributed by atoms with van der Waals surface area (Å²) in [5.74, 6) is 0. The summed E-state index contributed by atoms with van der Waals surface area (Å²) in [6.45, 7) is 5.59. The Kier molecular flexibility index (Phi) is 6.23. The molecule has 17 heavy (non-hydrogen) atoms. The number of hydrogen-bond donors (Lipinski definition) is 1. The van der Waals surface area contributed by atoms with Gasteiger partial charge in [0.1, 0.15) is 0 Å². The summed E-state index contributed by atoms with van der Waals surface area (Å²) in [7, 11) is 4.27. The van der Waals surface area contributed by atoms with Crippen LogP contribution < -0.4 is 5.32 Å². The molecule has 0 saturated heterocycles. The highest BCUT2D eigenvalue weighted by molar-refractivity contribution is 5.19. The van der Waals surface area contributed by atoms with Gasteiger partial charge < -0.3 is 10.2 Å². The number of hydrogen-bond acceptors (Lipinski definition) is 2. The Morgan fingerprint density at radius 1 is 1.12 bits per heavy atom. The molecule has 0 aliphatic carbocycles. The average Bonchev–Trinajstić information content (AvgIpc) is 2.38. The number of benzene rings is 1. The van der Waals surface area contributed by atoms with E-state index in [1.165, 1.54) is 18.4 Å². The Hall–Kier alpha value is -0.860. The standard InChI is InChI=1S/C15H26N2/c1-5-14(6-2)17(4)12-15(16-3)13-10-8-7-9-11-13/h7-11,14-16H,5-6,12H2,1-4H3. The number of nitrogens with one attached hydrogen (secondary N) is 1. The van der Waals surface area contributed by atoms with E-state index in [9.17, 15) is 0 Å². The van der Waals surface area contributed by atoms with Gasteiger partial charge in [-0.15, -0.1) is 0 Å². The Balaban J connectivity index is 2.64. The first-order valence-electron chi connectivity index (χ1n) is 6.65. The Bertz CT molecular complexity index is 293. The summed E-state index contributed by atoms with van der Waals surface area (Å²) >= 11 is 0. The highest BCUT2D eigenvalue weighted by Crippen LogP contribution is 2.16. The summed E-state index contributed by atoms with van der Waals surface area (Å²) < 4.78 is 0. The summed E-state index contributed by atoms with van der Waals surface area (Å²) in [5, 5.41) is 3.41. The number of rotatable bonds is 7. The van der Waals surface area contributed by atoms with Crippen molar-refractivity contribution in [1.82, 2.24) is 10.2 Å². The molecular weight excluding hydrogens is 208 g/mol. The number of nitrogens with zero attached hydrogens (tertiary/aromatic N) is 1. The Morgan fingerprint density at radius 2 is 1.71 bits per heavy atom. The second kappa shape index (κ2) is 7.46. The van der Waals surface area contributed by atoms with E-state index in [0.717, 1.165) is 6.54 Å². The van der Waals surface area contributed by atoms with Crippen molar-refractivity contribution < 1.29 is 0 Å². The van der Waals surface area contributed by atoms with Crippen LogP contribution in [0.2, 0.25) is 0 Å². The normalized spacial score (nSPS) is 13.3. The lowest BCUT2D eigenvalue weighted by molar-refractivity contribution is 0.209. The van der Waals surface area contributed by atoms with Gasteiger partial charge >= 0.3 is 0 Å². The second-order valence-corrected chi connectivity index (χ2v) is 4.66. The van der Waals surface area contributed by atoms with E-state index >= 15 is 0 Å². The molecule has 96 valence electrons. The molecule has 1 aromatic rings. The molecule has 2 heteroatoms. The first-order valence-corrected chi connectivity index (χ1v) is 6.65. The molecule has 0 amide bonds. The van der Waals surface area contributed by atoms with E-state index in [2.05, 4.69) is 61.4 Å². The fourth-order valence-corrected chi connectivity index (χ4v) is 2.40. The molecule has 1 aromatic carbocycles. The summed E-state index contributed by atoms with van der Waals surface area (Å²) in [4.78, 5) is 2.47. The van der Waals surface area contributed by atoms with E-state index in [0.29, 0.717) is 12.1 Å². The molecule has 0 spiro atoms. The van der Waals surface area contributed by atoms with Crippen molar-refractivity contribution >= 4 is 0 Å². The van der Waals surface area contributed by atoms with E-state index in [1.807, 2.05) is 7.05 Å². The monoisotopic (exact) mass is 234 g/mol. The van der Waals surface area contributed by atoms with Crippen LogP contribution >= 0.6 is 0 Å². The molecule has 0 saturated carbocycles. The van der Waals surface area contributed by atoms with Crippen molar-refractivity contribution in [2.45, 2.75) is 38.8 Å². The van der Waals surface area contributed by atoms with Crippen molar-refractivity contribution in [3.8, 4) is 0 Å². The topological polar surface area (TPSA) is 15.3 Å². The minimum Gasteiger partial charge on any atom is -0.312 e. The predicted octanol–water partition coefficient (Wildman–Crippen LogP) is 3.07. The molecule has 0 fully saturated rings. The highest BCUT2D eigenvalue weighted by Gasteiger charge is 2.16. The van der Waals surface area contributed by atoms with Gasteiger partial charge in [-0.1, -0.05) is 44.2 Å². The molecule has 1 unspecified atom stereocenters. The molecule has 0 aliphatic heterocycles. The third-order valence-electron chi connectivity index (χ3n) is 3.59. The van der Waals surface area contributed by atoms with Crippen molar-refractivity contribution in [3.63, 3.8) is 0 Å². The molecular formula is C15H26N2. The van der Waals surface area contributed by atoms with Crippen LogP contribution in [0.25, 0.3) is 0 Å². The van der Waals surface area contributed by atoms with Crippen LogP contribution in [0.3, 0.4) is 0 Å². The molecule has 0 aromatic heterocycles. The molecule has 0 bridgehead atoms. The zero-order valence-electron chi connectivity index (χ0n) is 11.6. The first kappa shape index (κ1) is 14.2. The van der Waals surface area contributed by atoms with Gasteiger partial charge in [0.25, 0.3) is 0 Å². The van der Waals surface area contributed by atoms with Gasteiger partial charge in [0.05, 0.1) is 0 Å². The van der Waals surface area contributed by atoms with Crippen LogP contribution in [0.5, 0.6) is 0 Å². The van der Waals surface area contributed by atoms with Gasteiger partial charge in [-0.25, -0.2) is 0 Å². The smallest absolute Gasteiger partial charge is 0.0446 e. The van der Waals surface area contributed by atoms with Crippen LogP contribution in [-0.2, 0) is 0 Å². The van der Waals surface area contributed by atoms with Crippen molar-refractivity contribution in [1.29, 1.82) is 0 Å². The summed E-state index contributed by atoms with van der Waals surface area (Å²) in [6.07, 6.45) is 2.44. The predicted molar refractivity (Wildman–Crippen MR) is 75.2 cm³/mol. The van der Waals surface area contributed by atoms with Crippen LogP contribution in [0, 0.1) is 0 Å². The van der Waals surface area contributed by atoms with E-state index in [1.54, 1.807) is 0 Å². The minimum atomic E-state index is 0.418. The Labute approximate surface area is 106 Å².